The molecule has 0 spiro atoms. The summed E-state index contributed by atoms with van der Waals surface area (Å²) in [5.74, 6) is 1.51. The van der Waals surface area contributed by atoms with Crippen LogP contribution in [0, 0.1) is 37.0 Å². The van der Waals surface area contributed by atoms with Crippen LogP contribution in [-0.2, 0) is 17.3 Å². The van der Waals surface area contributed by atoms with Gasteiger partial charge in [0.2, 0.25) is 0 Å². The van der Waals surface area contributed by atoms with Crippen LogP contribution in [0.2, 0.25) is 0 Å². The molecule has 2 rings (SSSR count). The highest BCUT2D eigenvalue weighted by molar-refractivity contribution is 5.63. The molecule has 61 heavy (non-hydrogen) atoms. The second-order valence-electron chi connectivity index (χ2n) is 17.1. The molecule has 1 unspecified atom stereocenters. The zero-order chi connectivity index (χ0) is 49.1. The van der Waals surface area contributed by atoms with E-state index in [1.807, 2.05) is 61.5 Å². The first kappa shape index (κ1) is 66.2. The van der Waals surface area contributed by atoms with Crippen molar-refractivity contribution >= 4 is 5.57 Å². The second kappa shape index (κ2) is 37.8. The number of benzene rings is 2. The molecule has 1 atom stereocenters. The predicted octanol–water partition coefficient (Wildman–Crippen LogP) is 20.2. The summed E-state index contributed by atoms with van der Waals surface area (Å²) in [6, 6.07) is 15.8. The molecule has 0 fully saturated rings. The van der Waals surface area contributed by atoms with Gasteiger partial charge in [0, 0.05) is 11.0 Å². The van der Waals surface area contributed by atoms with Crippen molar-refractivity contribution < 1.29 is 0 Å². The Hall–Kier alpha value is -3.89. The van der Waals surface area contributed by atoms with Crippen molar-refractivity contribution in [3.05, 3.63) is 147 Å². The van der Waals surface area contributed by atoms with E-state index < -0.39 is 0 Å². The maximum Gasteiger partial charge on any atom is 0.0988 e. The summed E-state index contributed by atoms with van der Waals surface area (Å²) in [6.45, 7) is 61.3. The zero-order valence-corrected chi connectivity index (χ0v) is 45.3. The van der Waals surface area contributed by atoms with Gasteiger partial charge < -0.3 is 0 Å². The molecule has 346 valence electrons. The smallest absolute Gasteiger partial charge is 0.0988 e. The Bertz CT molecular complexity index is 1680. The minimum absolute atomic E-state index is 0.126. The first-order chi connectivity index (χ1) is 28.5. The molecule has 0 aliphatic rings. The van der Waals surface area contributed by atoms with Gasteiger partial charge in [-0.2, -0.15) is 5.26 Å². The molecule has 0 aromatic heterocycles. The van der Waals surface area contributed by atoms with Crippen molar-refractivity contribution in [2.75, 3.05) is 0 Å². The van der Waals surface area contributed by atoms with Crippen molar-refractivity contribution in [2.45, 2.75) is 210 Å². The van der Waals surface area contributed by atoms with E-state index in [-0.39, 0.29) is 10.8 Å². The Balaban J connectivity index is -0.000000317. The van der Waals surface area contributed by atoms with Crippen LogP contribution in [0.25, 0.3) is 5.57 Å². The summed E-state index contributed by atoms with van der Waals surface area (Å²) >= 11 is 0. The number of hydrogen-bond donors (Lipinski definition) is 0. The minimum atomic E-state index is -0.126. The molecular weight excluding hydrogens is 735 g/mol. The van der Waals surface area contributed by atoms with E-state index in [2.05, 4.69) is 198 Å². The lowest BCUT2D eigenvalue weighted by molar-refractivity contribution is 0.546. The summed E-state index contributed by atoms with van der Waals surface area (Å²) in [4.78, 5) is 0. The Labute approximate surface area is 384 Å². The number of aryl methyl sites for hydroxylation is 2. The quantitative estimate of drug-likeness (QED) is 0.112. The molecule has 0 heterocycles. The maximum absolute atomic E-state index is 9.15. The van der Waals surface area contributed by atoms with Crippen molar-refractivity contribution in [1.29, 1.82) is 5.26 Å². The minimum Gasteiger partial charge on any atom is -0.192 e. The molecule has 2 aromatic carbocycles. The number of nitriles is 1. The van der Waals surface area contributed by atoms with Crippen LogP contribution >= 0.6 is 0 Å². The highest BCUT2D eigenvalue weighted by atomic mass is 14.3. The molecule has 0 amide bonds. The van der Waals surface area contributed by atoms with Crippen molar-refractivity contribution in [3.63, 3.8) is 0 Å². The molecule has 1 heteroatoms. The van der Waals surface area contributed by atoms with Gasteiger partial charge in [0.05, 0.1) is 6.07 Å². The van der Waals surface area contributed by atoms with Gasteiger partial charge >= 0.3 is 0 Å². The van der Waals surface area contributed by atoms with Crippen LogP contribution in [0.3, 0.4) is 0 Å². The molecular formula is C60H101N. The lowest BCUT2D eigenvalue weighted by Gasteiger charge is -2.33. The average molecular weight is 836 g/mol. The summed E-state index contributed by atoms with van der Waals surface area (Å²) in [5.41, 5.74) is 15.3. The first-order valence-corrected chi connectivity index (χ1v) is 23.8. The molecule has 0 N–H and O–H groups in total. The molecule has 0 saturated carbocycles. The molecule has 2 aromatic rings. The first-order valence-electron chi connectivity index (χ1n) is 23.8. The van der Waals surface area contributed by atoms with E-state index >= 15 is 0 Å². The van der Waals surface area contributed by atoms with Crippen molar-refractivity contribution in [3.8, 4) is 6.07 Å². The summed E-state index contributed by atoms with van der Waals surface area (Å²) in [5, 5.41) is 9.15. The molecule has 0 saturated heterocycles. The van der Waals surface area contributed by atoms with Gasteiger partial charge in [0.15, 0.2) is 0 Å². The Morgan fingerprint density at radius 2 is 1.25 bits per heavy atom. The van der Waals surface area contributed by atoms with E-state index in [9.17, 15) is 0 Å². The molecule has 0 radical (unpaired) electrons. The highest BCUT2D eigenvalue weighted by Gasteiger charge is 2.29. The number of allylic oxidation sites excluding steroid dienone is 12. The van der Waals surface area contributed by atoms with Crippen LogP contribution in [0.15, 0.2) is 114 Å². The lowest BCUT2D eigenvalue weighted by atomic mass is 9.70. The van der Waals surface area contributed by atoms with Crippen LogP contribution < -0.4 is 0 Å². The number of rotatable bonds is 13. The largest absolute Gasteiger partial charge is 0.192 e. The lowest BCUT2D eigenvalue weighted by Crippen LogP contribution is -2.25. The summed E-state index contributed by atoms with van der Waals surface area (Å²) < 4.78 is 0. The van der Waals surface area contributed by atoms with Gasteiger partial charge in [0.1, 0.15) is 0 Å². The third kappa shape index (κ3) is 29.1. The number of nitrogens with zero attached hydrogens (tertiary/aromatic N) is 1. The number of hydrogen-bond acceptors (Lipinski definition) is 1. The van der Waals surface area contributed by atoms with E-state index in [1.54, 1.807) is 6.08 Å². The fourth-order valence-corrected chi connectivity index (χ4v) is 6.02. The van der Waals surface area contributed by atoms with E-state index in [4.69, 9.17) is 5.26 Å². The van der Waals surface area contributed by atoms with Gasteiger partial charge in [-0.15, -0.1) is 0 Å². The molecule has 0 bridgehead atoms. The Morgan fingerprint density at radius 3 is 1.66 bits per heavy atom. The third-order valence-electron chi connectivity index (χ3n) is 9.98. The average Bonchev–Trinajstić information content (AvgIpc) is 3.23. The molecule has 0 aliphatic heterocycles. The van der Waals surface area contributed by atoms with Gasteiger partial charge in [-0.3, -0.25) is 0 Å². The fourth-order valence-electron chi connectivity index (χ4n) is 6.02. The van der Waals surface area contributed by atoms with Crippen molar-refractivity contribution in [2.24, 2.45) is 11.8 Å². The third-order valence-corrected chi connectivity index (χ3v) is 9.98. The summed E-state index contributed by atoms with van der Waals surface area (Å²) in [7, 11) is 0. The second-order valence-corrected chi connectivity index (χ2v) is 17.1. The van der Waals surface area contributed by atoms with E-state index in [1.165, 1.54) is 62.1 Å². The van der Waals surface area contributed by atoms with Crippen LogP contribution in [0.4, 0.5) is 0 Å². The highest BCUT2D eigenvalue weighted by Crippen LogP contribution is 2.39. The molecule has 1 nitrogen and oxygen atoms in total. The Kier molecular flexibility index (Phi) is 41.1. The van der Waals surface area contributed by atoms with Crippen LogP contribution in [0.5, 0.6) is 0 Å². The SMILES string of the molecule is C=C(C)c1ccc(C)c(C(C)(C)C)c1.C=CC(C#N)=CC/C=C(\C)CC(C)(/C(C)=C/C(C)=C\C(C)=C/C)c1ccc(C)c(CC(C)C)c1.CC.CC.CC.CC.CCC(C)C. The monoisotopic (exact) mass is 836 g/mol. The summed E-state index contributed by atoms with van der Waals surface area (Å²) in [6.07, 6.45) is 16.6. The molecule has 0 aliphatic carbocycles. The van der Waals surface area contributed by atoms with Gasteiger partial charge in [0.25, 0.3) is 0 Å². The van der Waals surface area contributed by atoms with Crippen molar-refractivity contribution in [1.82, 2.24) is 0 Å². The topological polar surface area (TPSA) is 23.8 Å². The predicted molar refractivity (Wildman–Crippen MR) is 286 cm³/mol. The maximum atomic E-state index is 9.15. The Morgan fingerprint density at radius 1 is 0.738 bits per heavy atom. The van der Waals surface area contributed by atoms with Gasteiger partial charge in [-0.1, -0.05) is 238 Å². The van der Waals surface area contributed by atoms with Crippen LogP contribution in [-0.4, -0.2) is 0 Å². The van der Waals surface area contributed by atoms with E-state index in [0.717, 1.165) is 30.8 Å². The van der Waals surface area contributed by atoms with Gasteiger partial charge in [-0.05, 0) is 125 Å². The zero-order valence-electron chi connectivity index (χ0n) is 45.3. The normalized spacial score (nSPS) is 12.7. The van der Waals surface area contributed by atoms with Gasteiger partial charge in [-0.25, -0.2) is 0 Å². The fraction of sp³-hybridized carbons (Fsp3) is 0.550. The van der Waals surface area contributed by atoms with E-state index in [0.29, 0.717) is 11.5 Å². The standard InChI is InChI=1S/C33H45N.C14H20.C5H12.4C2H6/c1-11-25(5)19-27(7)20-29(9)33(10,22-26(6)14-13-15-30(12-2)23-34)32-17-16-28(8)31(21-32)18-24(3)4;1-10(2)12-8-7-11(3)13(9-12)14(4,5)6;1-4-5(2)3;4*1-2/h11-12,14-17,19-21,24H,2,13,18,22H2,1,3-10H3;7-9H,1H2,2-6H3;5H,4H2,1-3H3;4*1-2H3/b25-11-,26-14+,27-19-,29-20+,30-15?;;;;;;. The van der Waals surface area contributed by atoms with Crippen LogP contribution in [0.1, 0.15) is 212 Å².